The number of hydrogen-bond donors (Lipinski definition) is 0. The van der Waals surface area contributed by atoms with Crippen molar-refractivity contribution in [3.05, 3.63) is 59.4 Å². The van der Waals surface area contributed by atoms with Crippen LogP contribution in [0.25, 0.3) is 22.7 Å². The van der Waals surface area contributed by atoms with E-state index >= 15 is 0 Å². The van der Waals surface area contributed by atoms with E-state index in [1.807, 2.05) is 61.0 Å². The zero-order valence-electron chi connectivity index (χ0n) is 14.4. The van der Waals surface area contributed by atoms with Crippen molar-refractivity contribution in [2.24, 2.45) is 7.05 Å². The third-order valence-electron chi connectivity index (χ3n) is 4.09. The second-order valence-electron chi connectivity index (χ2n) is 5.97. The van der Waals surface area contributed by atoms with Crippen molar-refractivity contribution in [1.29, 1.82) is 10.5 Å². The Morgan fingerprint density at radius 1 is 1.12 bits per heavy atom. The number of allylic oxidation sites excluding steroid dienone is 1. The van der Waals surface area contributed by atoms with Crippen LogP contribution < -0.4 is 4.90 Å². The molecule has 0 N–H and O–H groups in total. The van der Waals surface area contributed by atoms with Crippen molar-refractivity contribution < 1.29 is 0 Å². The number of aromatic nitrogens is 2. The fraction of sp³-hybridized carbons (Fsp3) is 0.150. The highest BCUT2D eigenvalue weighted by Gasteiger charge is 2.12. The number of fused-ring (bicyclic) bond motifs is 1. The second kappa shape index (κ2) is 6.51. The van der Waals surface area contributed by atoms with E-state index in [0.29, 0.717) is 17.0 Å². The molecule has 0 fully saturated rings. The number of nitriles is 2. The topological polar surface area (TPSA) is 68.6 Å². The molecule has 0 aliphatic heterocycles. The normalized spacial score (nSPS) is 11.2. The van der Waals surface area contributed by atoms with Gasteiger partial charge in [-0.05, 0) is 42.0 Å². The summed E-state index contributed by atoms with van der Waals surface area (Å²) in [6.07, 6.45) is 1.83. The second-order valence-corrected chi connectivity index (χ2v) is 5.97. The molecule has 5 heteroatoms. The molecule has 0 saturated carbocycles. The summed E-state index contributed by atoms with van der Waals surface area (Å²) in [5.74, 6) is 0.587. The summed E-state index contributed by atoms with van der Waals surface area (Å²) in [5.41, 5.74) is 4.69. The Bertz CT molecular complexity index is 1040. The molecule has 1 heterocycles. The predicted molar refractivity (Wildman–Crippen MR) is 99.7 cm³/mol. The summed E-state index contributed by atoms with van der Waals surface area (Å²) in [4.78, 5) is 6.58. The molecule has 1 aromatic heterocycles. The molecule has 3 aromatic rings. The molecule has 0 spiro atoms. The van der Waals surface area contributed by atoms with E-state index in [2.05, 4.69) is 17.1 Å². The average Bonchev–Trinajstić information content (AvgIpc) is 2.96. The minimum Gasteiger partial charge on any atom is -0.378 e. The Morgan fingerprint density at radius 3 is 2.44 bits per heavy atom. The summed E-state index contributed by atoms with van der Waals surface area (Å²) >= 11 is 0. The molecule has 0 radical (unpaired) electrons. The lowest BCUT2D eigenvalue weighted by molar-refractivity contribution is 0.925. The van der Waals surface area contributed by atoms with Crippen molar-refractivity contribution in [1.82, 2.24) is 9.55 Å². The summed E-state index contributed by atoms with van der Waals surface area (Å²) in [7, 11) is 5.83. The lowest BCUT2D eigenvalue weighted by atomic mass is 10.1. The first-order chi connectivity index (χ1) is 12.0. The van der Waals surface area contributed by atoms with Crippen molar-refractivity contribution in [3.8, 4) is 12.1 Å². The Labute approximate surface area is 146 Å². The van der Waals surface area contributed by atoms with Crippen molar-refractivity contribution in [2.75, 3.05) is 19.0 Å². The molecule has 122 valence electrons. The van der Waals surface area contributed by atoms with Gasteiger partial charge in [-0.3, -0.25) is 0 Å². The third kappa shape index (κ3) is 3.08. The minimum atomic E-state index is 0.481. The third-order valence-corrected chi connectivity index (χ3v) is 4.09. The van der Waals surface area contributed by atoms with Crippen LogP contribution in [0.1, 0.15) is 17.0 Å². The van der Waals surface area contributed by atoms with Crippen molar-refractivity contribution in [2.45, 2.75) is 0 Å². The fourth-order valence-corrected chi connectivity index (χ4v) is 2.68. The number of imidazole rings is 1. The zero-order valence-corrected chi connectivity index (χ0v) is 14.4. The maximum Gasteiger partial charge on any atom is 0.151 e. The van der Waals surface area contributed by atoms with Gasteiger partial charge in [-0.25, -0.2) is 4.98 Å². The molecule has 0 saturated heterocycles. The zero-order chi connectivity index (χ0) is 18.0. The number of nitrogens with zero attached hydrogens (tertiary/aromatic N) is 5. The minimum absolute atomic E-state index is 0.481. The molecule has 0 atom stereocenters. The lowest BCUT2D eigenvalue weighted by Gasteiger charge is -2.11. The first-order valence-corrected chi connectivity index (χ1v) is 7.79. The van der Waals surface area contributed by atoms with Crippen LogP contribution in [0.5, 0.6) is 0 Å². The summed E-state index contributed by atoms with van der Waals surface area (Å²) in [6.45, 7) is 0. The molecular formula is C20H17N5. The van der Waals surface area contributed by atoms with Crippen LogP contribution in [0, 0.1) is 22.7 Å². The van der Waals surface area contributed by atoms with Gasteiger partial charge in [0, 0.05) is 26.8 Å². The van der Waals surface area contributed by atoms with Crippen LogP contribution >= 0.6 is 0 Å². The van der Waals surface area contributed by atoms with Crippen molar-refractivity contribution >= 4 is 28.4 Å². The number of anilines is 1. The first-order valence-electron chi connectivity index (χ1n) is 7.79. The standard InChI is InChI=1S/C20H17N5/c1-24(2)17-7-4-14(5-8-17)10-16(13-22)20-23-18-9-6-15(12-21)11-19(18)25(20)3/h4-11H,1-3H3/b16-10+. The van der Waals surface area contributed by atoms with E-state index in [1.165, 1.54) is 0 Å². The largest absolute Gasteiger partial charge is 0.378 e. The summed E-state index contributed by atoms with van der Waals surface area (Å²) in [6, 6.07) is 17.7. The van der Waals surface area contributed by atoms with Gasteiger partial charge in [-0.1, -0.05) is 12.1 Å². The van der Waals surface area contributed by atoms with Crippen LogP contribution in [-0.4, -0.2) is 23.6 Å². The van der Waals surface area contributed by atoms with Crippen LogP contribution in [0.15, 0.2) is 42.5 Å². The van der Waals surface area contributed by atoms with Gasteiger partial charge in [0.25, 0.3) is 0 Å². The van der Waals surface area contributed by atoms with E-state index in [0.717, 1.165) is 22.3 Å². The highest BCUT2D eigenvalue weighted by Crippen LogP contribution is 2.23. The van der Waals surface area contributed by atoms with Crippen LogP contribution in [0.4, 0.5) is 5.69 Å². The quantitative estimate of drug-likeness (QED) is 0.690. The van der Waals surface area contributed by atoms with E-state index in [4.69, 9.17) is 5.26 Å². The van der Waals surface area contributed by atoms with E-state index < -0.39 is 0 Å². The number of rotatable bonds is 3. The molecule has 0 aliphatic carbocycles. The Hall–Kier alpha value is -3.57. The molecule has 0 amide bonds. The number of aryl methyl sites for hydroxylation is 1. The van der Waals surface area contributed by atoms with E-state index in [-0.39, 0.29) is 0 Å². The maximum atomic E-state index is 9.60. The smallest absolute Gasteiger partial charge is 0.151 e. The van der Waals surface area contributed by atoms with Crippen LogP contribution in [-0.2, 0) is 7.05 Å². The van der Waals surface area contributed by atoms with Gasteiger partial charge in [-0.2, -0.15) is 10.5 Å². The summed E-state index contributed by atoms with van der Waals surface area (Å²) < 4.78 is 1.85. The van der Waals surface area contributed by atoms with Gasteiger partial charge in [0.1, 0.15) is 6.07 Å². The van der Waals surface area contributed by atoms with Crippen LogP contribution in [0.3, 0.4) is 0 Å². The molecule has 5 nitrogen and oxygen atoms in total. The molecule has 25 heavy (non-hydrogen) atoms. The van der Waals surface area contributed by atoms with Crippen LogP contribution in [0.2, 0.25) is 0 Å². The predicted octanol–water partition coefficient (Wildman–Crippen LogP) is 3.58. The molecule has 0 bridgehead atoms. The monoisotopic (exact) mass is 327 g/mol. The fourth-order valence-electron chi connectivity index (χ4n) is 2.68. The van der Waals surface area contributed by atoms with E-state index in [9.17, 15) is 5.26 Å². The lowest BCUT2D eigenvalue weighted by Crippen LogP contribution is -2.07. The molecular weight excluding hydrogens is 310 g/mol. The SMILES string of the molecule is CN(C)c1ccc(/C=C(\C#N)c2nc3ccc(C#N)cc3n2C)cc1. The summed E-state index contributed by atoms with van der Waals surface area (Å²) in [5, 5.41) is 18.7. The van der Waals surface area contributed by atoms with Crippen molar-refractivity contribution in [3.63, 3.8) is 0 Å². The highest BCUT2D eigenvalue weighted by atomic mass is 15.1. The van der Waals surface area contributed by atoms with Gasteiger partial charge < -0.3 is 9.47 Å². The number of hydrogen-bond acceptors (Lipinski definition) is 4. The number of benzene rings is 2. The van der Waals surface area contributed by atoms with Gasteiger partial charge in [-0.15, -0.1) is 0 Å². The molecule has 0 unspecified atom stereocenters. The average molecular weight is 327 g/mol. The molecule has 2 aromatic carbocycles. The van der Waals surface area contributed by atoms with Gasteiger partial charge >= 0.3 is 0 Å². The van der Waals surface area contributed by atoms with Gasteiger partial charge in [0.15, 0.2) is 5.82 Å². The Balaban J connectivity index is 2.06. The van der Waals surface area contributed by atoms with Gasteiger partial charge in [0.05, 0.1) is 28.2 Å². The molecule has 0 aliphatic rings. The highest BCUT2D eigenvalue weighted by molar-refractivity contribution is 5.91. The maximum absolute atomic E-state index is 9.60. The van der Waals surface area contributed by atoms with E-state index in [1.54, 1.807) is 18.2 Å². The van der Waals surface area contributed by atoms with Gasteiger partial charge in [0.2, 0.25) is 0 Å². The Morgan fingerprint density at radius 2 is 1.84 bits per heavy atom. The molecule has 3 rings (SSSR count). The Kier molecular flexibility index (Phi) is 4.24. The first kappa shape index (κ1) is 16.3.